The fourth-order valence-corrected chi connectivity index (χ4v) is 6.56. The van der Waals surface area contributed by atoms with Crippen LogP contribution in [-0.2, 0) is 4.74 Å². The molecule has 0 aromatic rings. The molecule has 4 heteroatoms. The van der Waals surface area contributed by atoms with Gasteiger partial charge in [-0.15, -0.1) is 0 Å². The first-order valence-corrected chi connectivity index (χ1v) is 7.96. The third kappa shape index (κ3) is 0.887. The molecule has 2 N–H and O–H groups in total. The lowest BCUT2D eigenvalue weighted by atomic mass is 9.61. The number of aliphatic hydroxyl groups is 2. The van der Waals surface area contributed by atoms with Crippen LogP contribution in [0.4, 0.5) is 0 Å². The molecule has 8 atom stereocenters. The van der Waals surface area contributed by atoms with Crippen molar-refractivity contribution in [2.75, 3.05) is 13.6 Å². The smallest absolute Gasteiger partial charge is 0.114 e. The lowest BCUT2D eigenvalue weighted by Gasteiger charge is -2.49. The zero-order chi connectivity index (χ0) is 14.1. The summed E-state index contributed by atoms with van der Waals surface area (Å²) >= 11 is 0. The van der Waals surface area contributed by atoms with Gasteiger partial charge in [-0.3, -0.25) is 0 Å². The molecule has 2 heterocycles. The van der Waals surface area contributed by atoms with Gasteiger partial charge in [-0.2, -0.15) is 0 Å². The summed E-state index contributed by atoms with van der Waals surface area (Å²) in [5, 5.41) is 21.0. The predicted molar refractivity (Wildman–Crippen MR) is 75.4 cm³/mol. The van der Waals surface area contributed by atoms with E-state index in [0.717, 1.165) is 13.0 Å². The maximum atomic E-state index is 10.7. The van der Waals surface area contributed by atoms with Crippen molar-refractivity contribution in [3.8, 4) is 0 Å². The molecule has 0 aromatic carbocycles. The van der Waals surface area contributed by atoms with Crippen molar-refractivity contribution in [3.05, 3.63) is 35.5 Å². The summed E-state index contributed by atoms with van der Waals surface area (Å²) in [5.41, 5.74) is 2.15. The zero-order valence-electron chi connectivity index (χ0n) is 11.9. The predicted octanol–water partition coefficient (Wildman–Crippen LogP) is 0.232. The van der Waals surface area contributed by atoms with Crippen LogP contribution in [0.25, 0.3) is 0 Å². The molecule has 4 nitrogen and oxygen atoms in total. The molecule has 2 aliphatic heterocycles. The molecular formula is C17H19NO3. The van der Waals surface area contributed by atoms with E-state index in [4.69, 9.17) is 4.74 Å². The van der Waals surface area contributed by atoms with Crippen LogP contribution >= 0.6 is 0 Å². The topological polar surface area (TPSA) is 52.9 Å². The molecule has 2 saturated heterocycles. The fraction of sp³-hybridized carbons (Fsp3) is 0.647. The maximum absolute atomic E-state index is 10.7. The third-order valence-corrected chi connectivity index (χ3v) is 7.18. The van der Waals surface area contributed by atoms with E-state index in [1.807, 2.05) is 12.2 Å². The largest absolute Gasteiger partial charge is 0.386 e. The number of rotatable bonds is 0. The van der Waals surface area contributed by atoms with Gasteiger partial charge in [0, 0.05) is 29.8 Å². The van der Waals surface area contributed by atoms with Gasteiger partial charge in [0.15, 0.2) is 0 Å². The van der Waals surface area contributed by atoms with Crippen LogP contribution in [0.3, 0.4) is 0 Å². The highest BCUT2D eigenvalue weighted by atomic mass is 16.6. The third-order valence-electron chi connectivity index (χ3n) is 7.18. The molecule has 2 bridgehead atoms. The lowest BCUT2D eigenvalue weighted by molar-refractivity contribution is -0.0915. The highest BCUT2D eigenvalue weighted by molar-refractivity contribution is 5.60. The Labute approximate surface area is 123 Å². The zero-order valence-corrected chi connectivity index (χ0v) is 11.9. The maximum Gasteiger partial charge on any atom is 0.114 e. The first-order chi connectivity index (χ1) is 10.1. The number of hydrogen-bond acceptors (Lipinski definition) is 4. The van der Waals surface area contributed by atoms with Crippen molar-refractivity contribution < 1.29 is 14.9 Å². The molecule has 0 amide bonds. The van der Waals surface area contributed by atoms with E-state index in [1.165, 1.54) is 11.1 Å². The van der Waals surface area contributed by atoms with Crippen molar-refractivity contribution in [1.82, 2.24) is 4.90 Å². The van der Waals surface area contributed by atoms with Crippen molar-refractivity contribution in [2.24, 2.45) is 17.3 Å². The number of nitrogens with zero attached hydrogens (tertiary/aromatic N) is 1. The first-order valence-electron chi connectivity index (χ1n) is 7.96. The molecule has 21 heavy (non-hydrogen) atoms. The fourth-order valence-electron chi connectivity index (χ4n) is 6.56. The van der Waals surface area contributed by atoms with Gasteiger partial charge in [-0.25, -0.2) is 0 Å². The molecule has 3 fully saturated rings. The van der Waals surface area contributed by atoms with Crippen LogP contribution in [0.2, 0.25) is 0 Å². The Morgan fingerprint density at radius 3 is 3.00 bits per heavy atom. The molecule has 110 valence electrons. The van der Waals surface area contributed by atoms with Crippen molar-refractivity contribution in [2.45, 2.75) is 36.4 Å². The quantitative estimate of drug-likeness (QED) is 0.626. The minimum Gasteiger partial charge on any atom is -0.386 e. The standard InChI is InChI=1S/C17H19NO3/c1-18-7-12-16-9-3-5-13(20)17(12,16)21-15-11(19)4-2-8(14(15)16)6-10(9)18/h2-5,9-13,15,19-20H,6-7H2,1H3. The Bertz CT molecular complexity index is 667. The number of ether oxygens (including phenoxy) is 1. The number of piperidine rings is 1. The van der Waals surface area contributed by atoms with Gasteiger partial charge < -0.3 is 19.8 Å². The van der Waals surface area contributed by atoms with Gasteiger partial charge in [0.2, 0.25) is 0 Å². The van der Waals surface area contributed by atoms with E-state index in [0.29, 0.717) is 17.9 Å². The van der Waals surface area contributed by atoms with Crippen molar-refractivity contribution >= 4 is 0 Å². The number of likely N-dealkylation sites (tertiary alicyclic amines) is 1. The Kier molecular flexibility index (Phi) is 1.69. The Balaban J connectivity index is 1.69. The highest BCUT2D eigenvalue weighted by Crippen LogP contribution is 2.84. The Hall–Kier alpha value is -0.940. The van der Waals surface area contributed by atoms with Crippen LogP contribution < -0.4 is 0 Å². The first kappa shape index (κ1) is 11.6. The SMILES string of the molecule is CN1CC2C34OC5C6=C(C=CC5O)CC1C(C=CC3O)C624. The van der Waals surface area contributed by atoms with Crippen molar-refractivity contribution in [1.29, 1.82) is 0 Å². The minimum absolute atomic E-state index is 0.0394. The normalized spacial score (nSPS) is 62.0. The van der Waals surface area contributed by atoms with Crippen LogP contribution in [-0.4, -0.2) is 58.7 Å². The Morgan fingerprint density at radius 2 is 2.14 bits per heavy atom. The molecule has 0 radical (unpaired) electrons. The average Bonchev–Trinajstić information content (AvgIpc) is 2.88. The number of hydrogen-bond donors (Lipinski definition) is 2. The number of aliphatic hydroxyl groups excluding tert-OH is 2. The van der Waals surface area contributed by atoms with E-state index in [1.54, 1.807) is 0 Å². The molecule has 6 rings (SSSR count). The van der Waals surface area contributed by atoms with Gasteiger partial charge >= 0.3 is 0 Å². The van der Waals surface area contributed by atoms with Gasteiger partial charge in [0.05, 0.1) is 0 Å². The molecule has 0 aromatic heterocycles. The van der Waals surface area contributed by atoms with E-state index in [2.05, 4.69) is 24.1 Å². The second kappa shape index (κ2) is 3.06. The monoisotopic (exact) mass is 285 g/mol. The van der Waals surface area contributed by atoms with Crippen LogP contribution in [0.1, 0.15) is 6.42 Å². The lowest BCUT2D eigenvalue weighted by Crippen LogP contribution is -2.53. The van der Waals surface area contributed by atoms with Crippen molar-refractivity contribution in [3.63, 3.8) is 0 Å². The summed E-state index contributed by atoms with van der Waals surface area (Å²) in [5.74, 6) is 0.786. The van der Waals surface area contributed by atoms with Crippen LogP contribution in [0, 0.1) is 17.3 Å². The average molecular weight is 285 g/mol. The summed E-state index contributed by atoms with van der Waals surface area (Å²) in [6.45, 7) is 0.989. The van der Waals surface area contributed by atoms with Crippen LogP contribution in [0.5, 0.6) is 0 Å². The van der Waals surface area contributed by atoms with Gasteiger partial charge in [0.25, 0.3) is 0 Å². The summed E-state index contributed by atoms with van der Waals surface area (Å²) in [7, 11) is 2.20. The summed E-state index contributed by atoms with van der Waals surface area (Å²) in [6.07, 6.45) is 7.82. The second-order valence-corrected chi connectivity index (χ2v) is 7.61. The molecule has 4 aliphatic carbocycles. The number of allylic oxidation sites excluding steroid dienone is 1. The minimum atomic E-state index is -0.564. The summed E-state index contributed by atoms with van der Waals surface area (Å²) in [4.78, 5) is 2.45. The summed E-state index contributed by atoms with van der Waals surface area (Å²) in [6, 6.07) is 0.493. The van der Waals surface area contributed by atoms with E-state index < -0.39 is 17.8 Å². The molecule has 8 unspecified atom stereocenters. The summed E-state index contributed by atoms with van der Waals surface area (Å²) < 4.78 is 6.42. The highest BCUT2D eigenvalue weighted by Gasteiger charge is 2.91. The second-order valence-electron chi connectivity index (χ2n) is 7.61. The van der Waals surface area contributed by atoms with Gasteiger partial charge in [-0.05, 0) is 24.6 Å². The Morgan fingerprint density at radius 1 is 1.29 bits per heavy atom. The molecular weight excluding hydrogens is 266 g/mol. The van der Waals surface area contributed by atoms with E-state index >= 15 is 0 Å². The van der Waals surface area contributed by atoms with E-state index in [9.17, 15) is 10.2 Å². The molecule has 6 aliphatic rings. The molecule has 1 spiro atoms. The van der Waals surface area contributed by atoms with Gasteiger partial charge in [0.1, 0.15) is 23.9 Å². The van der Waals surface area contributed by atoms with E-state index in [-0.39, 0.29) is 11.5 Å². The van der Waals surface area contributed by atoms with Crippen LogP contribution in [0.15, 0.2) is 35.5 Å². The molecule has 1 saturated carbocycles. The van der Waals surface area contributed by atoms with Gasteiger partial charge in [-0.1, -0.05) is 24.3 Å².